The van der Waals surface area contributed by atoms with Crippen molar-refractivity contribution >= 4 is 16.9 Å². The highest BCUT2D eigenvalue weighted by molar-refractivity contribution is 5.89. The molecule has 1 N–H and O–H groups in total. The Morgan fingerprint density at radius 3 is 2.70 bits per heavy atom. The number of carbonyl (C=O) groups excluding carboxylic acids is 1. The summed E-state index contributed by atoms with van der Waals surface area (Å²) in [6.45, 7) is -0.0924. The number of ether oxygens (including phenoxy) is 2. The van der Waals surface area contributed by atoms with Crippen molar-refractivity contribution in [2.75, 3.05) is 13.7 Å². The largest absolute Gasteiger partial charge is 0.491 e. The predicted molar refractivity (Wildman–Crippen MR) is 95.2 cm³/mol. The molecule has 7 nitrogen and oxygen atoms in total. The Hall–Kier alpha value is -3.26. The first-order valence-corrected chi connectivity index (χ1v) is 8.12. The monoisotopic (exact) mass is 372 g/mol. The van der Waals surface area contributed by atoms with Crippen LogP contribution in [0, 0.1) is 5.82 Å². The zero-order valence-electron chi connectivity index (χ0n) is 14.5. The number of aliphatic hydroxyl groups excluding tert-OH is 1. The molecule has 0 amide bonds. The molecule has 1 heterocycles. The highest BCUT2D eigenvalue weighted by Crippen LogP contribution is 2.13. The fraction of sp³-hybridized carbons (Fsp3) is 0.211. The number of aromatic nitrogens is 2. The van der Waals surface area contributed by atoms with Gasteiger partial charge in [0.1, 0.15) is 24.3 Å². The van der Waals surface area contributed by atoms with Crippen molar-refractivity contribution in [2.24, 2.45) is 0 Å². The molecule has 2 aromatic carbocycles. The third-order valence-electron chi connectivity index (χ3n) is 3.91. The van der Waals surface area contributed by atoms with Gasteiger partial charge >= 0.3 is 5.97 Å². The van der Waals surface area contributed by atoms with E-state index in [1.54, 1.807) is 24.3 Å². The van der Waals surface area contributed by atoms with Gasteiger partial charge in [-0.2, -0.15) is 0 Å². The highest BCUT2D eigenvalue weighted by atomic mass is 19.1. The lowest BCUT2D eigenvalue weighted by Gasteiger charge is -2.14. The van der Waals surface area contributed by atoms with Gasteiger partial charge in [0.2, 0.25) is 0 Å². The summed E-state index contributed by atoms with van der Waals surface area (Å²) in [5.41, 5.74) is 0.268. The summed E-state index contributed by atoms with van der Waals surface area (Å²) in [6, 6.07) is 9.98. The lowest BCUT2D eigenvalue weighted by atomic mass is 10.2. The molecule has 3 rings (SSSR count). The average molecular weight is 372 g/mol. The minimum Gasteiger partial charge on any atom is -0.491 e. The van der Waals surface area contributed by atoms with Gasteiger partial charge in [0, 0.05) is 6.07 Å². The number of nitrogens with zero attached hydrogens (tertiary/aromatic N) is 2. The van der Waals surface area contributed by atoms with Crippen LogP contribution in [0.1, 0.15) is 10.4 Å². The number of carbonyl (C=O) groups is 1. The van der Waals surface area contributed by atoms with E-state index in [1.807, 2.05) is 0 Å². The van der Waals surface area contributed by atoms with Crippen molar-refractivity contribution in [1.82, 2.24) is 9.55 Å². The number of esters is 1. The minimum absolute atomic E-state index is 0.0284. The number of hydrogen-bond acceptors (Lipinski definition) is 6. The maximum atomic E-state index is 13.2. The molecular formula is C19H17FN2O5. The van der Waals surface area contributed by atoms with Crippen LogP contribution in [0.25, 0.3) is 10.9 Å². The van der Waals surface area contributed by atoms with Crippen molar-refractivity contribution in [3.8, 4) is 5.75 Å². The molecule has 0 fully saturated rings. The van der Waals surface area contributed by atoms with Crippen LogP contribution in [-0.4, -0.2) is 40.4 Å². The van der Waals surface area contributed by atoms with E-state index in [-0.39, 0.29) is 29.6 Å². The van der Waals surface area contributed by atoms with Crippen molar-refractivity contribution < 1.29 is 23.8 Å². The molecule has 0 saturated carbocycles. The van der Waals surface area contributed by atoms with Crippen LogP contribution in [0.2, 0.25) is 0 Å². The van der Waals surface area contributed by atoms with Gasteiger partial charge in [0.15, 0.2) is 0 Å². The number of benzene rings is 2. The Bertz CT molecular complexity index is 1020. The van der Waals surface area contributed by atoms with Crippen LogP contribution >= 0.6 is 0 Å². The first-order chi connectivity index (χ1) is 13.0. The van der Waals surface area contributed by atoms with Gasteiger partial charge in [-0.3, -0.25) is 9.36 Å². The quantitative estimate of drug-likeness (QED) is 0.663. The standard InChI is InChI=1S/C19H17FN2O5/c1-26-19(25)12-2-5-15(6-3-12)27-10-14(23)9-22-11-21-17-8-13(20)4-7-16(17)18(22)24/h2-8,11,14,23H,9-10H2,1H3. The van der Waals surface area contributed by atoms with E-state index >= 15 is 0 Å². The van der Waals surface area contributed by atoms with Crippen LogP contribution < -0.4 is 10.3 Å². The molecule has 140 valence electrons. The SMILES string of the molecule is COC(=O)c1ccc(OCC(O)Cn2cnc3cc(F)ccc3c2=O)cc1. The molecule has 0 radical (unpaired) electrons. The molecule has 0 aliphatic rings. The van der Waals surface area contributed by atoms with Gasteiger partial charge in [-0.15, -0.1) is 0 Å². The third-order valence-corrected chi connectivity index (χ3v) is 3.91. The lowest BCUT2D eigenvalue weighted by Crippen LogP contribution is -2.30. The Morgan fingerprint density at radius 1 is 1.26 bits per heavy atom. The summed E-state index contributed by atoms with van der Waals surface area (Å²) in [6.07, 6.45) is 0.293. The van der Waals surface area contributed by atoms with E-state index in [0.717, 1.165) is 0 Å². The zero-order chi connectivity index (χ0) is 19.4. The molecule has 0 aliphatic carbocycles. The Labute approximate surface area is 153 Å². The number of methoxy groups -OCH3 is 1. The van der Waals surface area contributed by atoms with Gasteiger partial charge in [-0.1, -0.05) is 0 Å². The number of fused-ring (bicyclic) bond motifs is 1. The second kappa shape index (κ2) is 7.96. The molecule has 3 aromatic rings. The first-order valence-electron chi connectivity index (χ1n) is 8.12. The Kier molecular flexibility index (Phi) is 5.46. The van der Waals surface area contributed by atoms with Gasteiger partial charge in [0.05, 0.1) is 36.4 Å². The number of aliphatic hydroxyl groups is 1. The maximum absolute atomic E-state index is 13.2. The van der Waals surface area contributed by atoms with E-state index < -0.39 is 17.9 Å². The molecule has 1 atom stereocenters. The van der Waals surface area contributed by atoms with Crippen LogP contribution in [0.3, 0.4) is 0 Å². The second-order valence-corrected chi connectivity index (χ2v) is 5.84. The van der Waals surface area contributed by atoms with E-state index in [2.05, 4.69) is 9.72 Å². The summed E-state index contributed by atoms with van der Waals surface area (Å²) >= 11 is 0. The molecule has 8 heteroatoms. The average Bonchev–Trinajstić information content (AvgIpc) is 2.68. The fourth-order valence-corrected chi connectivity index (χ4v) is 2.54. The smallest absolute Gasteiger partial charge is 0.337 e. The molecular weight excluding hydrogens is 355 g/mol. The van der Waals surface area contributed by atoms with Gasteiger partial charge in [0.25, 0.3) is 5.56 Å². The van der Waals surface area contributed by atoms with Gasteiger partial charge in [-0.25, -0.2) is 14.2 Å². The van der Waals surface area contributed by atoms with Crippen molar-refractivity contribution in [1.29, 1.82) is 0 Å². The van der Waals surface area contributed by atoms with Gasteiger partial charge in [-0.05, 0) is 36.4 Å². The molecule has 0 bridgehead atoms. The summed E-state index contributed by atoms with van der Waals surface area (Å²) in [7, 11) is 1.29. The third kappa shape index (κ3) is 4.29. The van der Waals surface area contributed by atoms with Crippen molar-refractivity contribution in [3.63, 3.8) is 0 Å². The molecule has 0 aliphatic heterocycles. The summed E-state index contributed by atoms with van der Waals surface area (Å²) in [5, 5.41) is 10.4. The van der Waals surface area contributed by atoms with Gasteiger partial charge < -0.3 is 14.6 Å². The molecule has 1 aromatic heterocycles. The number of halogens is 1. The Balaban J connectivity index is 1.64. The van der Waals surface area contributed by atoms with E-state index in [1.165, 1.54) is 36.2 Å². The van der Waals surface area contributed by atoms with Crippen LogP contribution in [0.4, 0.5) is 4.39 Å². The molecule has 0 saturated heterocycles. The number of rotatable bonds is 6. The Morgan fingerprint density at radius 2 is 2.00 bits per heavy atom. The molecule has 27 heavy (non-hydrogen) atoms. The van der Waals surface area contributed by atoms with E-state index in [9.17, 15) is 19.1 Å². The van der Waals surface area contributed by atoms with Crippen molar-refractivity contribution in [3.05, 3.63) is 70.5 Å². The van der Waals surface area contributed by atoms with Crippen LogP contribution in [0.15, 0.2) is 53.6 Å². The minimum atomic E-state index is -0.970. The maximum Gasteiger partial charge on any atom is 0.337 e. The molecule has 0 spiro atoms. The van der Waals surface area contributed by atoms with Crippen molar-refractivity contribution in [2.45, 2.75) is 12.6 Å². The normalized spacial score (nSPS) is 12.0. The second-order valence-electron chi connectivity index (χ2n) is 5.84. The summed E-state index contributed by atoms with van der Waals surface area (Å²) in [5.74, 6) is -0.468. The van der Waals surface area contributed by atoms with Crippen LogP contribution in [-0.2, 0) is 11.3 Å². The van der Waals surface area contributed by atoms with E-state index in [0.29, 0.717) is 11.3 Å². The zero-order valence-corrected chi connectivity index (χ0v) is 14.5. The summed E-state index contributed by atoms with van der Waals surface area (Å²) in [4.78, 5) is 27.8. The van der Waals surface area contributed by atoms with E-state index in [4.69, 9.17) is 4.74 Å². The molecule has 1 unspecified atom stereocenters. The lowest BCUT2D eigenvalue weighted by molar-refractivity contribution is 0.0600. The first kappa shape index (κ1) is 18.5. The highest BCUT2D eigenvalue weighted by Gasteiger charge is 2.11. The van der Waals surface area contributed by atoms with Crippen LogP contribution in [0.5, 0.6) is 5.75 Å². The number of hydrogen-bond donors (Lipinski definition) is 1. The summed E-state index contributed by atoms with van der Waals surface area (Å²) < 4.78 is 24.5. The predicted octanol–water partition coefficient (Wildman–Crippen LogP) is 1.76. The topological polar surface area (TPSA) is 90.7 Å². The fourth-order valence-electron chi connectivity index (χ4n) is 2.54.